The first kappa shape index (κ1) is 8.71. The lowest BCUT2D eigenvalue weighted by Gasteiger charge is -2.16. The van der Waals surface area contributed by atoms with Crippen LogP contribution in [0, 0.1) is 5.92 Å². The van der Waals surface area contributed by atoms with Crippen molar-refractivity contribution >= 4 is 0 Å². The van der Waals surface area contributed by atoms with Crippen LogP contribution in [-0.2, 0) is 9.47 Å². The van der Waals surface area contributed by atoms with Crippen LogP contribution in [0.25, 0.3) is 0 Å². The van der Waals surface area contributed by atoms with Gasteiger partial charge in [-0.1, -0.05) is 6.08 Å². The fourth-order valence-electron chi connectivity index (χ4n) is 1.33. The molecule has 3 atom stereocenters. The summed E-state index contributed by atoms with van der Waals surface area (Å²) < 4.78 is 10.2. The second-order valence-corrected chi connectivity index (χ2v) is 2.69. The maximum atomic E-state index is 9.37. The summed E-state index contributed by atoms with van der Waals surface area (Å²) >= 11 is 0. The molecular formula is C8H14O3. The van der Waals surface area contributed by atoms with Crippen LogP contribution in [0.1, 0.15) is 6.42 Å². The molecular weight excluding hydrogens is 144 g/mol. The minimum Gasteiger partial charge on any atom is -0.390 e. The summed E-state index contributed by atoms with van der Waals surface area (Å²) in [6, 6.07) is 0. The Bertz CT molecular complexity index is 135. The van der Waals surface area contributed by atoms with Crippen LogP contribution in [0.3, 0.4) is 0 Å². The Hall–Kier alpha value is -0.380. The van der Waals surface area contributed by atoms with Crippen molar-refractivity contribution in [1.82, 2.24) is 0 Å². The highest BCUT2D eigenvalue weighted by Gasteiger charge is 2.34. The van der Waals surface area contributed by atoms with E-state index in [0.717, 1.165) is 6.42 Å². The molecule has 64 valence electrons. The molecule has 0 radical (unpaired) electrons. The minimum absolute atomic E-state index is 0.0532. The zero-order valence-corrected chi connectivity index (χ0v) is 6.69. The van der Waals surface area contributed by atoms with Gasteiger partial charge in [0.25, 0.3) is 0 Å². The number of rotatable bonds is 3. The van der Waals surface area contributed by atoms with E-state index in [9.17, 15) is 5.11 Å². The Balaban J connectivity index is 2.48. The molecule has 3 heteroatoms. The molecule has 0 spiro atoms. The molecule has 1 rings (SSSR count). The van der Waals surface area contributed by atoms with Crippen LogP contribution >= 0.6 is 0 Å². The largest absolute Gasteiger partial charge is 0.390 e. The molecule has 1 saturated heterocycles. The van der Waals surface area contributed by atoms with E-state index >= 15 is 0 Å². The lowest BCUT2D eigenvalue weighted by atomic mass is 10.0. The van der Waals surface area contributed by atoms with Gasteiger partial charge in [-0.15, -0.1) is 6.58 Å². The highest BCUT2D eigenvalue weighted by Crippen LogP contribution is 2.25. The SMILES string of the molecule is C=CC[C@H]1C(OC)OC[C@H]1O. The van der Waals surface area contributed by atoms with E-state index in [1.807, 2.05) is 0 Å². The van der Waals surface area contributed by atoms with Crippen LogP contribution in [0.5, 0.6) is 0 Å². The van der Waals surface area contributed by atoms with E-state index in [2.05, 4.69) is 6.58 Å². The maximum Gasteiger partial charge on any atom is 0.162 e. The lowest BCUT2D eigenvalue weighted by molar-refractivity contribution is -0.109. The first-order valence-corrected chi connectivity index (χ1v) is 3.73. The van der Waals surface area contributed by atoms with Crippen molar-refractivity contribution in [2.45, 2.75) is 18.8 Å². The van der Waals surface area contributed by atoms with Gasteiger partial charge in [-0.05, 0) is 6.42 Å². The Morgan fingerprint density at radius 1 is 1.82 bits per heavy atom. The number of hydrogen-bond donors (Lipinski definition) is 1. The monoisotopic (exact) mass is 158 g/mol. The topological polar surface area (TPSA) is 38.7 Å². The zero-order valence-electron chi connectivity index (χ0n) is 6.69. The van der Waals surface area contributed by atoms with Gasteiger partial charge in [0.2, 0.25) is 0 Å². The predicted octanol–water partition coefficient (Wildman–Crippen LogP) is 0.542. The molecule has 0 aliphatic carbocycles. The second-order valence-electron chi connectivity index (χ2n) is 2.69. The zero-order chi connectivity index (χ0) is 8.27. The third kappa shape index (κ3) is 1.80. The first-order chi connectivity index (χ1) is 5.29. The molecule has 0 aromatic rings. The van der Waals surface area contributed by atoms with Gasteiger partial charge in [-0.3, -0.25) is 0 Å². The van der Waals surface area contributed by atoms with Crippen LogP contribution < -0.4 is 0 Å². The van der Waals surface area contributed by atoms with Gasteiger partial charge in [0.05, 0.1) is 12.7 Å². The fraction of sp³-hybridized carbons (Fsp3) is 0.750. The van der Waals surface area contributed by atoms with E-state index in [1.54, 1.807) is 13.2 Å². The van der Waals surface area contributed by atoms with Crippen molar-refractivity contribution in [3.05, 3.63) is 12.7 Å². The maximum absolute atomic E-state index is 9.37. The molecule has 1 aliphatic rings. The summed E-state index contributed by atoms with van der Waals surface area (Å²) in [7, 11) is 1.58. The molecule has 0 saturated carbocycles. The van der Waals surface area contributed by atoms with Crippen molar-refractivity contribution in [3.63, 3.8) is 0 Å². The van der Waals surface area contributed by atoms with E-state index < -0.39 is 6.10 Å². The predicted molar refractivity (Wildman–Crippen MR) is 41.1 cm³/mol. The molecule has 0 bridgehead atoms. The van der Waals surface area contributed by atoms with E-state index in [0.29, 0.717) is 6.61 Å². The van der Waals surface area contributed by atoms with Gasteiger partial charge < -0.3 is 14.6 Å². The second kappa shape index (κ2) is 3.85. The molecule has 1 N–H and O–H groups in total. The smallest absolute Gasteiger partial charge is 0.162 e. The number of aliphatic hydroxyl groups is 1. The number of ether oxygens (including phenoxy) is 2. The summed E-state index contributed by atoms with van der Waals surface area (Å²) in [5.74, 6) is 0.0532. The Morgan fingerprint density at radius 2 is 2.55 bits per heavy atom. The van der Waals surface area contributed by atoms with Crippen LogP contribution in [0.15, 0.2) is 12.7 Å². The number of allylic oxidation sites excluding steroid dienone is 1. The Kier molecular flexibility index (Phi) is 3.05. The quantitative estimate of drug-likeness (QED) is 0.609. The standard InChI is InChI=1S/C8H14O3/c1-3-4-6-7(9)5-11-8(6)10-2/h3,6-9H,1,4-5H2,2H3/t6-,7-,8?/m1/s1. The van der Waals surface area contributed by atoms with Crippen molar-refractivity contribution in [1.29, 1.82) is 0 Å². The first-order valence-electron chi connectivity index (χ1n) is 3.73. The highest BCUT2D eigenvalue weighted by molar-refractivity contribution is 4.84. The molecule has 0 amide bonds. The van der Waals surface area contributed by atoms with Crippen LogP contribution in [0.2, 0.25) is 0 Å². The Morgan fingerprint density at radius 3 is 3.09 bits per heavy atom. The molecule has 1 fully saturated rings. The van der Waals surface area contributed by atoms with Gasteiger partial charge in [-0.2, -0.15) is 0 Å². The molecule has 1 aliphatic heterocycles. The van der Waals surface area contributed by atoms with E-state index in [1.165, 1.54) is 0 Å². The van der Waals surface area contributed by atoms with E-state index in [4.69, 9.17) is 9.47 Å². The van der Waals surface area contributed by atoms with Gasteiger partial charge in [0.1, 0.15) is 0 Å². The molecule has 0 aromatic heterocycles. The summed E-state index contributed by atoms with van der Waals surface area (Å²) in [6.45, 7) is 3.98. The minimum atomic E-state index is -0.405. The molecule has 11 heavy (non-hydrogen) atoms. The van der Waals surface area contributed by atoms with Gasteiger partial charge >= 0.3 is 0 Å². The van der Waals surface area contributed by atoms with Crippen LogP contribution in [-0.4, -0.2) is 31.2 Å². The average molecular weight is 158 g/mol. The summed E-state index contributed by atoms with van der Waals surface area (Å²) in [4.78, 5) is 0. The molecule has 3 nitrogen and oxygen atoms in total. The summed E-state index contributed by atoms with van der Waals surface area (Å²) in [5.41, 5.74) is 0. The fourth-order valence-corrected chi connectivity index (χ4v) is 1.33. The average Bonchev–Trinajstić information content (AvgIpc) is 2.34. The van der Waals surface area contributed by atoms with Gasteiger partial charge in [0.15, 0.2) is 6.29 Å². The summed E-state index contributed by atoms with van der Waals surface area (Å²) in [5, 5.41) is 9.37. The van der Waals surface area contributed by atoms with Crippen molar-refractivity contribution in [3.8, 4) is 0 Å². The van der Waals surface area contributed by atoms with Crippen LogP contribution in [0.4, 0.5) is 0 Å². The summed E-state index contributed by atoms with van der Waals surface area (Å²) in [6.07, 6.45) is 1.84. The Labute approximate surface area is 66.6 Å². The van der Waals surface area contributed by atoms with Crippen molar-refractivity contribution in [2.24, 2.45) is 5.92 Å². The third-order valence-electron chi connectivity index (χ3n) is 1.95. The van der Waals surface area contributed by atoms with Crippen molar-refractivity contribution < 1.29 is 14.6 Å². The normalized spacial score (nSPS) is 37.5. The van der Waals surface area contributed by atoms with Gasteiger partial charge in [0, 0.05) is 13.0 Å². The molecule has 1 unspecified atom stereocenters. The highest BCUT2D eigenvalue weighted by atomic mass is 16.7. The molecule has 0 aromatic carbocycles. The number of aliphatic hydroxyl groups excluding tert-OH is 1. The van der Waals surface area contributed by atoms with Gasteiger partial charge in [-0.25, -0.2) is 0 Å². The van der Waals surface area contributed by atoms with Crippen molar-refractivity contribution in [2.75, 3.05) is 13.7 Å². The number of hydrogen-bond acceptors (Lipinski definition) is 3. The van der Waals surface area contributed by atoms with E-state index in [-0.39, 0.29) is 12.2 Å². The molecule has 1 heterocycles. The third-order valence-corrected chi connectivity index (χ3v) is 1.95. The number of methoxy groups -OCH3 is 1. The lowest BCUT2D eigenvalue weighted by Crippen LogP contribution is -2.24.